The highest BCUT2D eigenvalue weighted by atomic mass is 16.6. The molecule has 0 aliphatic heterocycles. The van der Waals surface area contributed by atoms with Crippen molar-refractivity contribution in [2.24, 2.45) is 5.73 Å². The average Bonchev–Trinajstić information content (AvgIpc) is 2.69. The van der Waals surface area contributed by atoms with E-state index in [-0.39, 0.29) is 5.69 Å². The van der Waals surface area contributed by atoms with Gasteiger partial charge >= 0.3 is 0 Å². The van der Waals surface area contributed by atoms with Crippen LogP contribution in [0.1, 0.15) is 5.56 Å². The zero-order valence-electron chi connectivity index (χ0n) is 14.4. The highest BCUT2D eigenvalue weighted by molar-refractivity contribution is 5.83. The van der Waals surface area contributed by atoms with Gasteiger partial charge in [0.15, 0.2) is 0 Å². The van der Waals surface area contributed by atoms with E-state index in [1.807, 2.05) is 36.4 Å². The normalized spacial score (nSPS) is 11.6. The Balaban J connectivity index is 1.71. The first kappa shape index (κ1) is 18.1. The van der Waals surface area contributed by atoms with Crippen molar-refractivity contribution < 1.29 is 9.72 Å². The summed E-state index contributed by atoms with van der Waals surface area (Å²) in [6.07, 6.45) is 3.79. The molecule has 0 saturated heterocycles. The quantitative estimate of drug-likeness (QED) is 0.495. The first-order valence-electron chi connectivity index (χ1n) is 8.32. The van der Waals surface area contributed by atoms with E-state index in [1.54, 1.807) is 24.5 Å². The molecule has 3 aromatic rings. The molecule has 2 aromatic carbocycles. The van der Waals surface area contributed by atoms with Crippen LogP contribution >= 0.6 is 0 Å². The maximum Gasteiger partial charge on any atom is 0.269 e. The Labute approximate surface area is 156 Å². The number of anilines is 1. The van der Waals surface area contributed by atoms with Crippen molar-refractivity contribution in [1.29, 1.82) is 0 Å². The molecule has 3 N–H and O–H groups in total. The van der Waals surface area contributed by atoms with E-state index in [1.165, 1.54) is 12.1 Å². The van der Waals surface area contributed by atoms with Gasteiger partial charge in [-0.2, -0.15) is 0 Å². The number of non-ortho nitro benzene ring substituents is 1. The van der Waals surface area contributed by atoms with E-state index in [4.69, 9.17) is 5.73 Å². The largest absolute Gasteiger partial charge is 0.373 e. The Morgan fingerprint density at radius 1 is 1.00 bits per heavy atom. The molecule has 0 saturated carbocycles. The molecule has 0 fully saturated rings. The van der Waals surface area contributed by atoms with Crippen molar-refractivity contribution in [1.82, 2.24) is 4.98 Å². The third-order valence-corrected chi connectivity index (χ3v) is 4.17. The van der Waals surface area contributed by atoms with E-state index in [2.05, 4.69) is 10.3 Å². The van der Waals surface area contributed by atoms with Gasteiger partial charge in [-0.1, -0.05) is 24.3 Å². The van der Waals surface area contributed by atoms with Crippen molar-refractivity contribution in [2.45, 2.75) is 12.5 Å². The second-order valence-electron chi connectivity index (χ2n) is 6.04. The van der Waals surface area contributed by atoms with Crippen LogP contribution in [0, 0.1) is 10.1 Å². The summed E-state index contributed by atoms with van der Waals surface area (Å²) < 4.78 is 0. The number of carbonyl (C=O) groups excluding carboxylic acids is 1. The van der Waals surface area contributed by atoms with E-state index in [0.29, 0.717) is 6.42 Å². The van der Waals surface area contributed by atoms with Crippen molar-refractivity contribution in [3.63, 3.8) is 0 Å². The third-order valence-electron chi connectivity index (χ3n) is 4.17. The summed E-state index contributed by atoms with van der Waals surface area (Å²) in [5, 5.41) is 13.9. The number of rotatable bonds is 7. The van der Waals surface area contributed by atoms with Crippen molar-refractivity contribution in [3.8, 4) is 11.1 Å². The molecule has 1 atom stereocenters. The predicted octanol–water partition coefficient (Wildman–Crippen LogP) is 3.17. The Hall–Kier alpha value is -3.74. The molecule has 0 spiro atoms. The molecule has 1 heterocycles. The minimum atomic E-state index is -0.627. The van der Waals surface area contributed by atoms with Crippen LogP contribution in [0.2, 0.25) is 0 Å². The van der Waals surface area contributed by atoms with E-state index >= 15 is 0 Å². The lowest BCUT2D eigenvalue weighted by atomic mass is 10.0. The lowest BCUT2D eigenvalue weighted by Gasteiger charge is -2.17. The zero-order valence-corrected chi connectivity index (χ0v) is 14.4. The van der Waals surface area contributed by atoms with Crippen LogP contribution in [-0.2, 0) is 11.2 Å². The minimum Gasteiger partial charge on any atom is -0.373 e. The SMILES string of the molecule is NC(=O)[C@@H](Cc1ccc([N+](=O)[O-])cc1)Nc1ccc(-c2ccncc2)cc1. The molecule has 27 heavy (non-hydrogen) atoms. The lowest BCUT2D eigenvalue weighted by molar-refractivity contribution is -0.384. The van der Waals surface area contributed by atoms with E-state index in [9.17, 15) is 14.9 Å². The molecule has 0 aliphatic rings. The van der Waals surface area contributed by atoms with Gasteiger partial charge in [-0.25, -0.2) is 0 Å². The predicted molar refractivity (Wildman–Crippen MR) is 103 cm³/mol. The van der Waals surface area contributed by atoms with E-state index < -0.39 is 16.9 Å². The molecule has 7 heteroatoms. The first-order chi connectivity index (χ1) is 13.0. The number of nitro benzene ring substituents is 1. The summed E-state index contributed by atoms with van der Waals surface area (Å²) in [6.45, 7) is 0. The number of nitrogens with zero attached hydrogens (tertiary/aromatic N) is 2. The van der Waals surface area contributed by atoms with Gasteiger partial charge < -0.3 is 11.1 Å². The fourth-order valence-corrected chi connectivity index (χ4v) is 2.72. The van der Waals surface area contributed by atoms with Crippen LogP contribution in [0.4, 0.5) is 11.4 Å². The Kier molecular flexibility index (Phi) is 5.41. The van der Waals surface area contributed by atoms with Crippen molar-refractivity contribution in [3.05, 3.63) is 88.7 Å². The second-order valence-corrected chi connectivity index (χ2v) is 6.04. The molecule has 1 aromatic heterocycles. The number of pyridine rings is 1. The van der Waals surface area contributed by atoms with Gasteiger partial charge in [0.2, 0.25) is 5.91 Å². The summed E-state index contributed by atoms with van der Waals surface area (Å²) in [5.41, 5.74) is 9.15. The van der Waals surface area contributed by atoms with Crippen LogP contribution < -0.4 is 11.1 Å². The fraction of sp³-hybridized carbons (Fsp3) is 0.100. The number of carbonyl (C=O) groups is 1. The van der Waals surface area contributed by atoms with Crippen LogP contribution in [0.5, 0.6) is 0 Å². The van der Waals surface area contributed by atoms with Gasteiger partial charge in [-0.3, -0.25) is 19.9 Å². The second kappa shape index (κ2) is 8.09. The number of nitro groups is 1. The van der Waals surface area contributed by atoms with Gasteiger partial charge in [0, 0.05) is 36.6 Å². The van der Waals surface area contributed by atoms with Crippen LogP contribution in [0.25, 0.3) is 11.1 Å². The molecular weight excluding hydrogens is 344 g/mol. The molecule has 136 valence electrons. The Morgan fingerprint density at radius 2 is 1.59 bits per heavy atom. The lowest BCUT2D eigenvalue weighted by Crippen LogP contribution is -2.37. The summed E-state index contributed by atoms with van der Waals surface area (Å²) in [4.78, 5) is 26.1. The minimum absolute atomic E-state index is 0.00837. The highest BCUT2D eigenvalue weighted by Crippen LogP contribution is 2.21. The summed E-state index contributed by atoms with van der Waals surface area (Å²) in [6, 6.07) is 16.9. The molecule has 0 radical (unpaired) electrons. The molecular formula is C20H18N4O3. The number of nitrogens with two attached hydrogens (primary N) is 1. The number of benzene rings is 2. The number of hydrogen-bond donors (Lipinski definition) is 2. The van der Waals surface area contributed by atoms with Crippen molar-refractivity contribution >= 4 is 17.3 Å². The number of aromatic nitrogens is 1. The molecule has 1 amide bonds. The summed E-state index contributed by atoms with van der Waals surface area (Å²) in [7, 11) is 0. The molecule has 0 unspecified atom stereocenters. The Bertz CT molecular complexity index is 926. The maximum absolute atomic E-state index is 11.8. The van der Waals surface area contributed by atoms with Gasteiger partial charge in [0.05, 0.1) is 4.92 Å². The summed E-state index contributed by atoms with van der Waals surface area (Å²) in [5.74, 6) is -0.494. The number of hydrogen-bond acceptors (Lipinski definition) is 5. The maximum atomic E-state index is 11.8. The topological polar surface area (TPSA) is 111 Å². The average molecular weight is 362 g/mol. The van der Waals surface area contributed by atoms with Gasteiger partial charge in [0.1, 0.15) is 6.04 Å². The zero-order chi connectivity index (χ0) is 19.2. The van der Waals surface area contributed by atoms with Crippen molar-refractivity contribution in [2.75, 3.05) is 5.32 Å². The van der Waals surface area contributed by atoms with Gasteiger partial charge in [-0.05, 0) is 41.0 Å². The van der Waals surface area contributed by atoms with Crippen LogP contribution in [0.15, 0.2) is 73.1 Å². The molecule has 3 rings (SSSR count). The standard InChI is InChI=1S/C20H18N4O3/c21-20(25)19(13-14-1-7-18(8-2-14)24(26)27)23-17-5-3-15(4-6-17)16-9-11-22-12-10-16/h1-12,19,23H,13H2,(H2,21,25)/t19-/m1/s1. The highest BCUT2D eigenvalue weighted by Gasteiger charge is 2.16. The number of amides is 1. The molecule has 7 nitrogen and oxygen atoms in total. The summed E-state index contributed by atoms with van der Waals surface area (Å²) >= 11 is 0. The third kappa shape index (κ3) is 4.66. The van der Waals surface area contributed by atoms with E-state index in [0.717, 1.165) is 22.4 Å². The Morgan fingerprint density at radius 3 is 2.15 bits per heavy atom. The monoisotopic (exact) mass is 362 g/mol. The van der Waals surface area contributed by atoms with Crippen LogP contribution in [-0.4, -0.2) is 21.9 Å². The smallest absolute Gasteiger partial charge is 0.269 e. The van der Waals surface area contributed by atoms with Gasteiger partial charge in [0.25, 0.3) is 5.69 Å². The number of nitrogens with one attached hydrogen (secondary N) is 1. The van der Waals surface area contributed by atoms with Crippen LogP contribution in [0.3, 0.4) is 0 Å². The number of primary amides is 1. The first-order valence-corrected chi connectivity index (χ1v) is 8.32. The fourth-order valence-electron chi connectivity index (χ4n) is 2.72. The van der Waals surface area contributed by atoms with Gasteiger partial charge in [-0.15, -0.1) is 0 Å². The molecule has 0 aliphatic carbocycles. The molecule has 0 bridgehead atoms.